The topological polar surface area (TPSA) is 65.0 Å². The zero-order chi connectivity index (χ0) is 15.6. The van der Waals surface area contributed by atoms with Crippen LogP contribution in [0.5, 0.6) is 17.2 Å². The van der Waals surface area contributed by atoms with Gasteiger partial charge in [0.15, 0.2) is 0 Å². The molecule has 0 saturated heterocycles. The number of carbonyl (C=O) groups excluding carboxylic acids is 1. The van der Waals surface area contributed by atoms with E-state index < -0.39 is 0 Å². The average molecular weight is 355 g/mol. The molecule has 1 N–H and O–H groups in total. The van der Waals surface area contributed by atoms with Gasteiger partial charge in [-0.05, 0) is 33.4 Å². The summed E-state index contributed by atoms with van der Waals surface area (Å²) in [5, 5.41) is 11.7. The van der Waals surface area contributed by atoms with Crippen LogP contribution >= 0.6 is 15.9 Å². The number of phenolic OH excluding ortho intramolecular Hbond substituents is 1. The third-order valence-corrected chi connectivity index (χ3v) is 3.93. The highest BCUT2D eigenvalue weighted by Gasteiger charge is 2.16. The summed E-state index contributed by atoms with van der Waals surface area (Å²) in [4.78, 5) is 10.9. The number of rotatable bonds is 4. The van der Waals surface area contributed by atoms with Gasteiger partial charge in [0.05, 0.1) is 24.1 Å². The Bertz CT molecular complexity index is 696. The molecule has 21 heavy (non-hydrogen) atoms. The van der Waals surface area contributed by atoms with Crippen molar-refractivity contribution in [1.29, 1.82) is 0 Å². The minimum atomic E-state index is -0.385. The van der Waals surface area contributed by atoms with E-state index in [0.717, 1.165) is 5.39 Å². The molecule has 0 spiro atoms. The Morgan fingerprint density at radius 1 is 1.24 bits per heavy atom. The number of halogens is 1. The van der Waals surface area contributed by atoms with Gasteiger partial charge in [-0.25, -0.2) is 0 Å². The van der Waals surface area contributed by atoms with Crippen molar-refractivity contribution in [3.8, 4) is 17.2 Å². The summed E-state index contributed by atoms with van der Waals surface area (Å²) in [6.07, 6.45) is 0. The molecule has 0 aliphatic rings. The lowest BCUT2D eigenvalue weighted by molar-refractivity contribution is -0.142. The van der Waals surface area contributed by atoms with Crippen molar-refractivity contribution in [3.05, 3.63) is 28.2 Å². The molecule has 0 radical (unpaired) electrons. The molecule has 0 aliphatic carbocycles. The van der Waals surface area contributed by atoms with E-state index in [-0.39, 0.29) is 18.3 Å². The smallest absolute Gasteiger partial charge is 0.302 e. The fourth-order valence-electron chi connectivity index (χ4n) is 2.05. The second kappa shape index (κ2) is 6.22. The molecule has 5 nitrogen and oxygen atoms in total. The quantitative estimate of drug-likeness (QED) is 0.852. The fraction of sp³-hybridized carbons (Fsp3) is 0.267. The average Bonchev–Trinajstić information content (AvgIpc) is 2.47. The highest BCUT2D eigenvalue weighted by Crippen LogP contribution is 2.42. The molecule has 0 aromatic heterocycles. The van der Waals surface area contributed by atoms with Crippen molar-refractivity contribution in [2.24, 2.45) is 0 Å². The molecule has 0 atom stereocenters. The minimum absolute atomic E-state index is 0.0363. The maximum absolute atomic E-state index is 10.9. The lowest BCUT2D eigenvalue weighted by Gasteiger charge is -2.14. The first-order chi connectivity index (χ1) is 9.97. The summed E-state index contributed by atoms with van der Waals surface area (Å²) in [6, 6.07) is 5.29. The number of esters is 1. The monoisotopic (exact) mass is 354 g/mol. The zero-order valence-electron chi connectivity index (χ0n) is 11.9. The van der Waals surface area contributed by atoms with Crippen LogP contribution in [0.3, 0.4) is 0 Å². The molecule has 0 fully saturated rings. The first kappa shape index (κ1) is 15.4. The van der Waals surface area contributed by atoms with Crippen LogP contribution in [0.15, 0.2) is 22.7 Å². The summed E-state index contributed by atoms with van der Waals surface area (Å²) in [6.45, 7) is 1.40. The second-order valence-corrected chi connectivity index (χ2v) is 5.20. The van der Waals surface area contributed by atoms with Gasteiger partial charge in [0, 0.05) is 18.6 Å². The van der Waals surface area contributed by atoms with E-state index in [9.17, 15) is 9.90 Å². The molecule has 0 amide bonds. The summed E-state index contributed by atoms with van der Waals surface area (Å²) >= 11 is 3.32. The Kier molecular flexibility index (Phi) is 4.57. The number of carbonyl (C=O) groups is 1. The molecule has 2 aromatic carbocycles. The highest BCUT2D eigenvalue weighted by atomic mass is 79.9. The Morgan fingerprint density at radius 3 is 2.52 bits per heavy atom. The number of fused-ring (bicyclic) bond motifs is 1. The number of benzene rings is 2. The van der Waals surface area contributed by atoms with Crippen LogP contribution in [0.25, 0.3) is 10.8 Å². The standard InChI is InChI=1S/C15H15BrO5/c1-8(17)21-7-10-4-9-5-11(19-2)6-12(20-3)13(9)15(18)14(10)16/h4-6,18H,7H2,1-3H3. The minimum Gasteiger partial charge on any atom is -0.506 e. The van der Waals surface area contributed by atoms with Crippen LogP contribution < -0.4 is 9.47 Å². The van der Waals surface area contributed by atoms with Crippen molar-refractivity contribution in [2.45, 2.75) is 13.5 Å². The normalized spacial score (nSPS) is 10.5. The lowest BCUT2D eigenvalue weighted by atomic mass is 10.0. The van der Waals surface area contributed by atoms with E-state index >= 15 is 0 Å². The number of hydrogen-bond donors (Lipinski definition) is 1. The van der Waals surface area contributed by atoms with Crippen LogP contribution in [-0.2, 0) is 16.1 Å². The number of hydrogen-bond acceptors (Lipinski definition) is 5. The maximum Gasteiger partial charge on any atom is 0.302 e. The second-order valence-electron chi connectivity index (χ2n) is 4.41. The van der Waals surface area contributed by atoms with Gasteiger partial charge in [0.2, 0.25) is 0 Å². The molecule has 112 valence electrons. The van der Waals surface area contributed by atoms with E-state index in [1.165, 1.54) is 14.0 Å². The number of methoxy groups -OCH3 is 2. The first-order valence-electron chi connectivity index (χ1n) is 6.17. The molecule has 2 aromatic rings. The Labute approximate surface area is 130 Å². The van der Waals surface area contributed by atoms with Crippen LogP contribution in [0, 0.1) is 0 Å². The Morgan fingerprint density at radius 2 is 1.95 bits per heavy atom. The molecule has 0 aliphatic heterocycles. The fourth-order valence-corrected chi connectivity index (χ4v) is 2.48. The van der Waals surface area contributed by atoms with E-state index in [4.69, 9.17) is 14.2 Å². The molecular weight excluding hydrogens is 340 g/mol. The van der Waals surface area contributed by atoms with Crippen molar-refractivity contribution >= 4 is 32.7 Å². The van der Waals surface area contributed by atoms with Gasteiger partial charge >= 0.3 is 5.97 Å². The van der Waals surface area contributed by atoms with Gasteiger partial charge in [-0.2, -0.15) is 0 Å². The van der Waals surface area contributed by atoms with Gasteiger partial charge < -0.3 is 19.3 Å². The van der Waals surface area contributed by atoms with E-state index in [0.29, 0.717) is 26.9 Å². The van der Waals surface area contributed by atoms with Crippen molar-refractivity contribution < 1.29 is 24.1 Å². The zero-order valence-corrected chi connectivity index (χ0v) is 13.5. The van der Waals surface area contributed by atoms with Crippen molar-refractivity contribution in [3.63, 3.8) is 0 Å². The molecule has 6 heteroatoms. The lowest BCUT2D eigenvalue weighted by Crippen LogP contribution is -2.00. The van der Waals surface area contributed by atoms with Gasteiger partial charge in [-0.15, -0.1) is 0 Å². The van der Waals surface area contributed by atoms with E-state index in [2.05, 4.69) is 15.9 Å². The van der Waals surface area contributed by atoms with Crippen LogP contribution in [0.4, 0.5) is 0 Å². The van der Waals surface area contributed by atoms with Crippen molar-refractivity contribution in [2.75, 3.05) is 14.2 Å². The predicted octanol–water partition coefficient (Wildman–Crippen LogP) is 3.39. The third-order valence-electron chi connectivity index (χ3n) is 3.05. The Hall–Kier alpha value is -1.95. The predicted molar refractivity (Wildman–Crippen MR) is 81.9 cm³/mol. The summed E-state index contributed by atoms with van der Waals surface area (Å²) in [7, 11) is 3.08. The third kappa shape index (κ3) is 3.05. The molecular formula is C15H15BrO5. The Balaban J connectivity index is 2.65. The number of aromatic hydroxyl groups is 1. The summed E-state index contributed by atoms with van der Waals surface area (Å²) in [5.74, 6) is 0.764. The van der Waals surface area contributed by atoms with Crippen molar-refractivity contribution in [1.82, 2.24) is 0 Å². The van der Waals surface area contributed by atoms with Gasteiger partial charge in [-0.1, -0.05) is 0 Å². The van der Waals surface area contributed by atoms with E-state index in [1.54, 1.807) is 19.2 Å². The largest absolute Gasteiger partial charge is 0.506 e. The highest BCUT2D eigenvalue weighted by molar-refractivity contribution is 9.10. The van der Waals surface area contributed by atoms with Gasteiger partial charge in [0.1, 0.15) is 23.9 Å². The molecule has 0 heterocycles. The van der Waals surface area contributed by atoms with Crippen LogP contribution in [-0.4, -0.2) is 25.3 Å². The SMILES string of the molecule is COc1cc(OC)c2c(O)c(Br)c(COC(C)=O)cc2c1. The maximum atomic E-state index is 10.9. The van der Waals surface area contributed by atoms with Crippen LogP contribution in [0.2, 0.25) is 0 Å². The van der Waals surface area contributed by atoms with Gasteiger partial charge in [-0.3, -0.25) is 4.79 Å². The molecule has 0 bridgehead atoms. The van der Waals surface area contributed by atoms with Gasteiger partial charge in [0.25, 0.3) is 0 Å². The van der Waals surface area contributed by atoms with Crippen LogP contribution in [0.1, 0.15) is 12.5 Å². The number of ether oxygens (including phenoxy) is 3. The molecule has 0 unspecified atom stereocenters. The summed E-state index contributed by atoms with van der Waals surface area (Å²) < 4.78 is 16.0. The summed E-state index contributed by atoms with van der Waals surface area (Å²) in [5.41, 5.74) is 0.658. The number of phenols is 1. The molecule has 2 rings (SSSR count). The first-order valence-corrected chi connectivity index (χ1v) is 6.96. The molecule has 0 saturated carbocycles. The van der Waals surface area contributed by atoms with E-state index in [1.807, 2.05) is 6.07 Å².